The van der Waals surface area contributed by atoms with Crippen LogP contribution in [0.1, 0.15) is 13.0 Å². The second-order valence-electron chi connectivity index (χ2n) is 2.86. The largest absolute Gasteiger partial charge is 0.291 e. The third-order valence-corrected chi connectivity index (χ3v) is 1.66. The normalized spacial score (nSPS) is 9.00. The summed E-state index contributed by atoms with van der Waals surface area (Å²) in [6, 6.07) is 10.3. The van der Waals surface area contributed by atoms with Gasteiger partial charge in [0.2, 0.25) is 0 Å². The van der Waals surface area contributed by atoms with Crippen LogP contribution in [0.15, 0.2) is 30.3 Å². The van der Waals surface area contributed by atoms with Crippen LogP contribution in [0.5, 0.6) is 0 Å². The molecule has 0 bridgehead atoms. The Morgan fingerprint density at radius 3 is 2.46 bits per heavy atom. The summed E-state index contributed by atoms with van der Waals surface area (Å²) in [5.74, 6) is 2.61. The van der Waals surface area contributed by atoms with Crippen LogP contribution in [0.25, 0.3) is 0 Å². The highest BCUT2D eigenvalue weighted by molar-refractivity contribution is 5.14. The lowest BCUT2D eigenvalue weighted by Gasteiger charge is -2.12. The minimum Gasteiger partial charge on any atom is -0.291 e. The highest BCUT2D eigenvalue weighted by Crippen LogP contribution is 2.01. The van der Waals surface area contributed by atoms with Gasteiger partial charge < -0.3 is 0 Å². The van der Waals surface area contributed by atoms with Gasteiger partial charge in [-0.15, -0.1) is 6.42 Å². The molecule has 0 atom stereocenters. The third kappa shape index (κ3) is 4.35. The predicted octanol–water partition coefficient (Wildman–Crippen LogP) is 2.39. The van der Waals surface area contributed by atoms with Crippen molar-refractivity contribution in [1.82, 2.24) is 4.90 Å². The molecule has 70 valence electrons. The molecule has 0 aromatic heterocycles. The molecule has 13 heavy (non-hydrogen) atoms. The number of rotatable bonds is 3. The minimum atomic E-state index is 0. The van der Waals surface area contributed by atoms with Gasteiger partial charge in [0.05, 0.1) is 6.54 Å². The van der Waals surface area contributed by atoms with Crippen molar-refractivity contribution >= 4 is 0 Å². The zero-order valence-electron chi connectivity index (χ0n) is 7.33. The Balaban J connectivity index is 0.00000144. The number of benzene rings is 1. The van der Waals surface area contributed by atoms with Gasteiger partial charge in [-0.2, -0.15) is 0 Å². The molecule has 0 fully saturated rings. The van der Waals surface area contributed by atoms with Crippen molar-refractivity contribution in [3.8, 4) is 12.3 Å². The van der Waals surface area contributed by atoms with Crippen LogP contribution in [-0.2, 0) is 6.54 Å². The molecule has 0 saturated carbocycles. The standard InChI is InChI=1S/C11H13N.CH4/c1-3-9-12(2)10-11-7-5-4-6-8-11;/h1,4-8H,9-10H2,2H3;1H4. The number of hydrogen-bond donors (Lipinski definition) is 0. The fourth-order valence-electron chi connectivity index (χ4n) is 1.11. The zero-order valence-corrected chi connectivity index (χ0v) is 7.33. The van der Waals surface area contributed by atoms with Gasteiger partial charge in [0.15, 0.2) is 0 Å². The predicted molar refractivity (Wildman–Crippen MR) is 58.3 cm³/mol. The fraction of sp³-hybridized carbons (Fsp3) is 0.333. The molecule has 1 rings (SSSR count). The van der Waals surface area contributed by atoms with Crippen LogP contribution in [0.3, 0.4) is 0 Å². The quantitative estimate of drug-likeness (QED) is 0.638. The van der Waals surface area contributed by atoms with Crippen molar-refractivity contribution in [2.75, 3.05) is 13.6 Å². The lowest BCUT2D eigenvalue weighted by atomic mass is 10.2. The third-order valence-electron chi connectivity index (χ3n) is 1.66. The Morgan fingerprint density at radius 1 is 1.31 bits per heavy atom. The Morgan fingerprint density at radius 2 is 1.92 bits per heavy atom. The van der Waals surface area contributed by atoms with Gasteiger partial charge in [-0.1, -0.05) is 43.7 Å². The maximum atomic E-state index is 5.19. The van der Waals surface area contributed by atoms with Gasteiger partial charge >= 0.3 is 0 Å². The molecule has 0 heterocycles. The summed E-state index contributed by atoms with van der Waals surface area (Å²) >= 11 is 0. The first kappa shape index (κ1) is 11.7. The van der Waals surface area contributed by atoms with Crippen LogP contribution in [0.4, 0.5) is 0 Å². The van der Waals surface area contributed by atoms with E-state index in [1.54, 1.807) is 0 Å². The van der Waals surface area contributed by atoms with E-state index >= 15 is 0 Å². The Bertz CT molecular complexity index is 258. The smallest absolute Gasteiger partial charge is 0.0599 e. The van der Waals surface area contributed by atoms with E-state index in [1.165, 1.54) is 5.56 Å². The summed E-state index contributed by atoms with van der Waals surface area (Å²) in [6.07, 6.45) is 5.19. The molecule has 0 amide bonds. The number of terminal acetylenes is 1. The highest BCUT2D eigenvalue weighted by Gasteiger charge is 1.95. The summed E-state index contributed by atoms with van der Waals surface area (Å²) in [5.41, 5.74) is 1.30. The maximum Gasteiger partial charge on any atom is 0.0599 e. The number of nitrogens with zero attached hydrogens (tertiary/aromatic N) is 1. The summed E-state index contributed by atoms with van der Waals surface area (Å²) < 4.78 is 0. The Kier molecular flexibility index (Phi) is 5.67. The van der Waals surface area contributed by atoms with Gasteiger partial charge in [0.25, 0.3) is 0 Å². The zero-order chi connectivity index (χ0) is 8.81. The molecular weight excluding hydrogens is 158 g/mol. The van der Waals surface area contributed by atoms with E-state index in [0.717, 1.165) is 6.54 Å². The van der Waals surface area contributed by atoms with Gasteiger partial charge in [0.1, 0.15) is 0 Å². The fourth-order valence-corrected chi connectivity index (χ4v) is 1.11. The molecule has 1 nitrogen and oxygen atoms in total. The molecule has 1 heteroatoms. The van der Waals surface area contributed by atoms with Crippen LogP contribution < -0.4 is 0 Å². The lowest BCUT2D eigenvalue weighted by Crippen LogP contribution is -2.17. The SMILES string of the molecule is C.C#CCN(C)Cc1ccccc1. The van der Waals surface area contributed by atoms with Gasteiger partial charge in [0, 0.05) is 6.54 Å². The molecule has 0 spiro atoms. The molecule has 0 aliphatic heterocycles. The molecule has 0 radical (unpaired) electrons. The molecule has 0 aliphatic rings. The first-order valence-electron chi connectivity index (χ1n) is 3.99. The second-order valence-corrected chi connectivity index (χ2v) is 2.86. The summed E-state index contributed by atoms with van der Waals surface area (Å²) in [5, 5.41) is 0. The van der Waals surface area contributed by atoms with Crippen molar-refractivity contribution in [2.45, 2.75) is 14.0 Å². The minimum absolute atomic E-state index is 0. The topological polar surface area (TPSA) is 3.24 Å². The maximum absolute atomic E-state index is 5.19. The monoisotopic (exact) mass is 175 g/mol. The molecular formula is C12H17N. The average Bonchev–Trinajstić information content (AvgIpc) is 2.06. The molecule has 0 N–H and O–H groups in total. The van der Waals surface area contributed by atoms with Crippen LogP contribution >= 0.6 is 0 Å². The summed E-state index contributed by atoms with van der Waals surface area (Å²) in [6.45, 7) is 1.62. The van der Waals surface area contributed by atoms with Crippen molar-refractivity contribution in [1.29, 1.82) is 0 Å². The first-order valence-corrected chi connectivity index (χ1v) is 3.99. The molecule has 1 aromatic rings. The van der Waals surface area contributed by atoms with Gasteiger partial charge in [-0.25, -0.2) is 0 Å². The lowest BCUT2D eigenvalue weighted by molar-refractivity contribution is 0.369. The Labute approximate surface area is 81.4 Å². The average molecular weight is 175 g/mol. The Hall–Kier alpha value is -1.26. The number of hydrogen-bond acceptors (Lipinski definition) is 1. The summed E-state index contributed by atoms with van der Waals surface area (Å²) in [4.78, 5) is 2.11. The van der Waals surface area contributed by atoms with Crippen molar-refractivity contribution < 1.29 is 0 Å². The van der Waals surface area contributed by atoms with Crippen LogP contribution in [0, 0.1) is 12.3 Å². The van der Waals surface area contributed by atoms with E-state index < -0.39 is 0 Å². The van der Waals surface area contributed by atoms with Gasteiger partial charge in [-0.05, 0) is 12.6 Å². The van der Waals surface area contributed by atoms with Crippen molar-refractivity contribution in [3.05, 3.63) is 35.9 Å². The molecule has 0 saturated heterocycles. The van der Waals surface area contributed by atoms with Crippen molar-refractivity contribution in [3.63, 3.8) is 0 Å². The van der Waals surface area contributed by atoms with E-state index in [9.17, 15) is 0 Å². The molecule has 0 aliphatic carbocycles. The summed E-state index contributed by atoms with van der Waals surface area (Å²) in [7, 11) is 2.02. The molecule has 0 unspecified atom stereocenters. The van der Waals surface area contributed by atoms with E-state index in [1.807, 2.05) is 25.2 Å². The highest BCUT2D eigenvalue weighted by atomic mass is 15.1. The molecule has 1 aromatic carbocycles. The van der Waals surface area contributed by atoms with E-state index in [-0.39, 0.29) is 7.43 Å². The second kappa shape index (κ2) is 6.28. The van der Waals surface area contributed by atoms with E-state index in [0.29, 0.717) is 6.54 Å². The van der Waals surface area contributed by atoms with Crippen LogP contribution in [-0.4, -0.2) is 18.5 Å². The first-order chi connectivity index (χ1) is 5.83. The van der Waals surface area contributed by atoms with Crippen molar-refractivity contribution in [2.24, 2.45) is 0 Å². The van der Waals surface area contributed by atoms with E-state index in [2.05, 4.69) is 23.0 Å². The van der Waals surface area contributed by atoms with E-state index in [4.69, 9.17) is 6.42 Å². The van der Waals surface area contributed by atoms with Crippen LogP contribution in [0.2, 0.25) is 0 Å². The van der Waals surface area contributed by atoms with Gasteiger partial charge in [-0.3, -0.25) is 4.90 Å².